The summed E-state index contributed by atoms with van der Waals surface area (Å²) in [6, 6.07) is 11.7. The van der Waals surface area contributed by atoms with Crippen LogP contribution in [0, 0.1) is 0 Å². The Morgan fingerprint density at radius 2 is 2.03 bits per heavy atom. The minimum Gasteiger partial charge on any atom is -0.453 e. The Morgan fingerprint density at radius 1 is 1.18 bits per heavy atom. The van der Waals surface area contributed by atoms with Gasteiger partial charge < -0.3 is 15.4 Å². The molecule has 0 aliphatic heterocycles. The van der Waals surface area contributed by atoms with Crippen molar-refractivity contribution in [1.82, 2.24) is 24.4 Å². The van der Waals surface area contributed by atoms with Crippen LogP contribution in [0.25, 0.3) is 21.9 Å². The quantitative estimate of drug-likeness (QED) is 0.425. The molecule has 33 heavy (non-hydrogen) atoms. The second-order valence-electron chi connectivity index (χ2n) is 8.20. The number of benzene rings is 1. The molecular formula is C23H23BrN6O3. The molecule has 0 saturated heterocycles. The van der Waals surface area contributed by atoms with Crippen molar-refractivity contribution in [2.45, 2.75) is 31.3 Å². The molecule has 9 nitrogen and oxygen atoms in total. The van der Waals surface area contributed by atoms with Crippen molar-refractivity contribution >= 4 is 55.6 Å². The number of anilines is 2. The summed E-state index contributed by atoms with van der Waals surface area (Å²) in [6.45, 7) is 0. The third kappa shape index (κ3) is 3.95. The smallest absolute Gasteiger partial charge is 0.407 e. The lowest BCUT2D eigenvalue weighted by Crippen LogP contribution is -2.33. The lowest BCUT2D eigenvalue weighted by Gasteiger charge is -2.14. The van der Waals surface area contributed by atoms with E-state index in [1.807, 2.05) is 41.0 Å². The van der Waals surface area contributed by atoms with Gasteiger partial charge in [0.25, 0.3) is 0 Å². The fraction of sp³-hybridized carbons (Fsp3) is 0.304. The molecule has 1 amide bonds. The third-order valence-electron chi connectivity index (χ3n) is 6.18. The molecule has 5 rings (SSSR count). The Labute approximate surface area is 197 Å². The molecule has 170 valence electrons. The molecule has 0 spiro atoms. The summed E-state index contributed by atoms with van der Waals surface area (Å²) in [6.07, 6.45) is 3.50. The van der Waals surface area contributed by atoms with Crippen molar-refractivity contribution < 1.29 is 9.53 Å². The summed E-state index contributed by atoms with van der Waals surface area (Å²) < 4.78 is 9.05. The number of pyridine rings is 2. The first-order valence-electron chi connectivity index (χ1n) is 10.7. The van der Waals surface area contributed by atoms with Gasteiger partial charge in [-0.25, -0.2) is 19.6 Å². The Hall–Kier alpha value is -3.40. The number of aromatic nitrogens is 4. The van der Waals surface area contributed by atoms with E-state index in [4.69, 9.17) is 9.72 Å². The summed E-state index contributed by atoms with van der Waals surface area (Å²) in [5, 5.41) is 7.14. The molecule has 1 aliphatic rings. The number of hydrogen-bond donors (Lipinski definition) is 2. The van der Waals surface area contributed by atoms with Crippen LogP contribution in [0.3, 0.4) is 0 Å². The molecule has 1 aliphatic carbocycles. The Morgan fingerprint density at radius 3 is 2.85 bits per heavy atom. The summed E-state index contributed by atoms with van der Waals surface area (Å²) in [5.41, 5.74) is 2.31. The fourth-order valence-electron chi connectivity index (χ4n) is 4.54. The molecule has 2 atom stereocenters. The zero-order chi connectivity index (χ0) is 23.1. The molecule has 10 heteroatoms. The van der Waals surface area contributed by atoms with Gasteiger partial charge in [-0.3, -0.25) is 9.13 Å². The minimum absolute atomic E-state index is 0.0200. The molecule has 1 aromatic carbocycles. The van der Waals surface area contributed by atoms with Crippen molar-refractivity contribution in [1.29, 1.82) is 0 Å². The van der Waals surface area contributed by atoms with E-state index >= 15 is 0 Å². The average Bonchev–Trinajstić information content (AvgIpc) is 3.36. The highest BCUT2D eigenvalue weighted by atomic mass is 79.9. The molecule has 0 bridgehead atoms. The van der Waals surface area contributed by atoms with Crippen LogP contribution < -0.4 is 16.3 Å². The standard InChI is InChI=1S/C23H23BrN6O3/c1-29-18-12-25-20(27-19-9-6-13-4-3-5-16(24)21(13)28-19)11-17(18)30(23(29)32)15-8-7-14(10-15)26-22(31)33-2/h3-6,9,11-12,14-15H,7-8,10H2,1-2H3,(H,26,31)(H,25,27,28)/t14-,15-/m1/s1. The lowest BCUT2D eigenvalue weighted by atomic mass is 10.2. The molecule has 1 fully saturated rings. The van der Waals surface area contributed by atoms with Crippen molar-refractivity contribution in [2.24, 2.45) is 7.05 Å². The van der Waals surface area contributed by atoms with Gasteiger partial charge in [0.05, 0.1) is 29.9 Å². The first kappa shape index (κ1) is 21.4. The number of alkyl carbamates (subject to hydrolysis) is 1. The second-order valence-corrected chi connectivity index (χ2v) is 9.06. The highest BCUT2D eigenvalue weighted by Gasteiger charge is 2.30. The highest BCUT2D eigenvalue weighted by molar-refractivity contribution is 9.10. The van der Waals surface area contributed by atoms with Gasteiger partial charge in [-0.05, 0) is 53.4 Å². The summed E-state index contributed by atoms with van der Waals surface area (Å²) in [4.78, 5) is 33.8. The van der Waals surface area contributed by atoms with Crippen LogP contribution in [0.5, 0.6) is 0 Å². The van der Waals surface area contributed by atoms with Gasteiger partial charge >= 0.3 is 11.8 Å². The predicted octanol–water partition coefficient (Wildman–Crippen LogP) is 4.24. The zero-order valence-electron chi connectivity index (χ0n) is 18.2. The summed E-state index contributed by atoms with van der Waals surface area (Å²) >= 11 is 3.55. The lowest BCUT2D eigenvalue weighted by molar-refractivity contribution is 0.166. The Balaban J connectivity index is 1.47. The zero-order valence-corrected chi connectivity index (χ0v) is 19.8. The largest absolute Gasteiger partial charge is 0.453 e. The van der Waals surface area contributed by atoms with E-state index in [1.165, 1.54) is 7.11 Å². The van der Waals surface area contributed by atoms with Crippen LogP contribution in [0.1, 0.15) is 25.3 Å². The SMILES string of the molecule is COC(=O)N[C@@H]1CC[C@@H](n2c(=O)n(C)c3cnc(Nc4ccc5cccc(Br)c5n4)cc32)C1. The van der Waals surface area contributed by atoms with E-state index in [1.54, 1.807) is 17.8 Å². The van der Waals surface area contributed by atoms with Crippen LogP contribution in [0.2, 0.25) is 0 Å². The number of nitrogens with one attached hydrogen (secondary N) is 2. The number of amides is 1. The van der Waals surface area contributed by atoms with Gasteiger partial charge in [0.2, 0.25) is 0 Å². The molecule has 0 radical (unpaired) electrons. The predicted molar refractivity (Wildman–Crippen MR) is 130 cm³/mol. The summed E-state index contributed by atoms with van der Waals surface area (Å²) in [7, 11) is 3.10. The second kappa shape index (κ2) is 8.51. The van der Waals surface area contributed by atoms with Gasteiger partial charge in [-0.15, -0.1) is 0 Å². The Bertz CT molecular complexity index is 1430. The molecule has 1 saturated carbocycles. The molecular weight excluding hydrogens is 488 g/mol. The molecule has 4 aromatic rings. The maximum absolute atomic E-state index is 13.1. The first-order chi connectivity index (χ1) is 15.9. The number of halogens is 1. The van der Waals surface area contributed by atoms with Crippen molar-refractivity contribution in [3.63, 3.8) is 0 Å². The van der Waals surface area contributed by atoms with E-state index in [-0.39, 0.29) is 17.8 Å². The average molecular weight is 511 g/mol. The van der Waals surface area contributed by atoms with E-state index in [0.29, 0.717) is 18.1 Å². The van der Waals surface area contributed by atoms with Gasteiger partial charge in [-0.2, -0.15) is 0 Å². The van der Waals surface area contributed by atoms with Crippen LogP contribution in [0.15, 0.2) is 51.9 Å². The number of para-hydroxylation sites is 1. The van der Waals surface area contributed by atoms with Crippen LogP contribution >= 0.6 is 15.9 Å². The Kier molecular flexibility index (Phi) is 5.53. The number of hydrogen-bond acceptors (Lipinski definition) is 6. The first-order valence-corrected chi connectivity index (χ1v) is 11.5. The van der Waals surface area contributed by atoms with Crippen molar-refractivity contribution in [2.75, 3.05) is 12.4 Å². The number of methoxy groups -OCH3 is 1. The van der Waals surface area contributed by atoms with Crippen LogP contribution in [-0.4, -0.2) is 38.3 Å². The van der Waals surface area contributed by atoms with E-state index in [9.17, 15) is 9.59 Å². The number of fused-ring (bicyclic) bond motifs is 2. The number of ether oxygens (including phenoxy) is 1. The summed E-state index contributed by atoms with van der Waals surface area (Å²) in [5.74, 6) is 1.26. The van der Waals surface area contributed by atoms with Crippen LogP contribution in [-0.2, 0) is 11.8 Å². The van der Waals surface area contributed by atoms with Crippen LogP contribution in [0.4, 0.5) is 16.4 Å². The fourth-order valence-corrected chi connectivity index (χ4v) is 5.01. The monoisotopic (exact) mass is 510 g/mol. The number of nitrogens with zero attached hydrogens (tertiary/aromatic N) is 4. The molecule has 3 heterocycles. The van der Waals surface area contributed by atoms with Gasteiger partial charge in [0.1, 0.15) is 11.6 Å². The number of carbonyl (C=O) groups is 1. The van der Waals surface area contributed by atoms with Gasteiger partial charge in [0.15, 0.2) is 0 Å². The number of aryl methyl sites for hydroxylation is 1. The number of imidazole rings is 1. The maximum atomic E-state index is 13.1. The third-order valence-corrected chi connectivity index (χ3v) is 6.82. The topological polar surface area (TPSA) is 103 Å². The van der Waals surface area contributed by atoms with E-state index in [0.717, 1.165) is 39.3 Å². The van der Waals surface area contributed by atoms with Crippen molar-refractivity contribution in [3.8, 4) is 0 Å². The van der Waals surface area contributed by atoms with Crippen molar-refractivity contribution in [3.05, 3.63) is 57.6 Å². The maximum Gasteiger partial charge on any atom is 0.407 e. The van der Waals surface area contributed by atoms with Gasteiger partial charge in [0, 0.05) is 35.1 Å². The van der Waals surface area contributed by atoms with E-state index in [2.05, 4.69) is 31.5 Å². The number of rotatable bonds is 4. The van der Waals surface area contributed by atoms with Gasteiger partial charge in [-0.1, -0.05) is 12.1 Å². The van der Waals surface area contributed by atoms with E-state index < -0.39 is 6.09 Å². The molecule has 3 aromatic heterocycles. The highest BCUT2D eigenvalue weighted by Crippen LogP contribution is 2.32. The molecule has 0 unspecified atom stereocenters. The normalized spacial score (nSPS) is 18.0. The molecule has 2 N–H and O–H groups in total. The minimum atomic E-state index is -0.448. The number of carbonyl (C=O) groups excluding carboxylic acids is 1.